The van der Waals surface area contributed by atoms with E-state index in [-0.39, 0.29) is 12.5 Å². The molecule has 222 valence electrons. The minimum atomic E-state index is -0.203. The summed E-state index contributed by atoms with van der Waals surface area (Å²) in [4.78, 5) is 22.5. The van der Waals surface area contributed by atoms with Crippen LogP contribution >= 0.6 is 11.6 Å². The van der Waals surface area contributed by atoms with Crippen molar-refractivity contribution in [1.82, 2.24) is 14.8 Å². The van der Waals surface area contributed by atoms with Gasteiger partial charge in [0.1, 0.15) is 5.82 Å². The average Bonchev–Trinajstić information content (AvgIpc) is 3.46. The summed E-state index contributed by atoms with van der Waals surface area (Å²) in [7, 11) is 3.60. The van der Waals surface area contributed by atoms with Crippen molar-refractivity contribution in [1.29, 1.82) is 0 Å². The maximum atomic E-state index is 13.9. The highest BCUT2D eigenvalue weighted by Gasteiger charge is 2.32. The number of nitrogens with one attached hydrogen (secondary N) is 1. The number of aromatic nitrogens is 1. The molecule has 0 spiro atoms. The third-order valence-electron chi connectivity index (χ3n) is 8.86. The first-order valence-corrected chi connectivity index (χ1v) is 15.2. The molecule has 1 amide bonds. The van der Waals surface area contributed by atoms with Gasteiger partial charge < -0.3 is 25.0 Å². The molecule has 0 radical (unpaired) electrons. The second-order valence-electron chi connectivity index (χ2n) is 11.3. The number of fused-ring (bicyclic) bond motifs is 1. The molecule has 1 aliphatic heterocycles. The Morgan fingerprint density at radius 2 is 1.81 bits per heavy atom. The lowest BCUT2D eigenvalue weighted by Gasteiger charge is -2.40. The number of ether oxygens (including phenoxy) is 1. The number of aliphatic hydroxyl groups excluding tert-OH is 1. The zero-order valence-electron chi connectivity index (χ0n) is 25.0. The molecule has 1 fully saturated rings. The van der Waals surface area contributed by atoms with Gasteiger partial charge in [0.25, 0.3) is 5.91 Å². The number of rotatable bonds is 7. The third-order valence-corrected chi connectivity index (χ3v) is 9.27. The van der Waals surface area contributed by atoms with Gasteiger partial charge in [-0.1, -0.05) is 48.5 Å². The van der Waals surface area contributed by atoms with Crippen LogP contribution in [0.15, 0.2) is 77.9 Å². The van der Waals surface area contributed by atoms with Crippen molar-refractivity contribution < 1.29 is 14.6 Å². The minimum Gasteiger partial charge on any atom is -0.481 e. The number of likely N-dealkylation sites (N-methyl/N-ethyl adjacent to an activating group) is 1. The zero-order valence-corrected chi connectivity index (χ0v) is 25.7. The van der Waals surface area contributed by atoms with Crippen LogP contribution in [0.25, 0.3) is 22.4 Å². The Labute approximate surface area is 258 Å². The first-order chi connectivity index (χ1) is 20.8. The van der Waals surface area contributed by atoms with Gasteiger partial charge in [-0.3, -0.25) is 4.79 Å². The lowest BCUT2D eigenvalue weighted by molar-refractivity contribution is -0.113. The minimum absolute atomic E-state index is 0.0428. The summed E-state index contributed by atoms with van der Waals surface area (Å²) in [5.74, 6) is 1.21. The maximum absolute atomic E-state index is 13.9. The molecular formula is C35H37ClN4O3. The predicted octanol–water partition coefficient (Wildman–Crippen LogP) is 6.85. The Kier molecular flexibility index (Phi) is 8.03. The molecule has 2 heterocycles. The van der Waals surface area contributed by atoms with Crippen LogP contribution < -0.4 is 10.1 Å². The smallest absolute Gasteiger partial charge is 0.259 e. The summed E-state index contributed by atoms with van der Waals surface area (Å²) >= 11 is 7.10. The first kappa shape index (κ1) is 29.0. The number of allylic oxidation sites excluding steroid dienone is 1. The quantitative estimate of drug-likeness (QED) is 0.311. The van der Waals surface area contributed by atoms with E-state index in [1.807, 2.05) is 66.4 Å². The van der Waals surface area contributed by atoms with E-state index in [9.17, 15) is 9.90 Å². The number of carbonyl (C=O) groups is 1. The SMILES string of the molecule is C=C1N(CCO)C=C(C(=O)Nc2cccc(-c3cccc(-c4cc5c(c(OC)n4)CCC5)c3Cl)c2C)C(=C2CCC2)N1C. The van der Waals surface area contributed by atoms with Crippen LogP contribution in [0.5, 0.6) is 5.88 Å². The standard InChI is InChI=1S/C35H37ClN4O3/c1-21-25(27-14-7-15-28(32(27)36)31-19-24-11-6-13-26(24)35(38-31)43-4)12-8-16-30(21)37-34(42)29-20-40(17-18-41)22(2)39(3)33(29)23-9-5-10-23/h7-8,12,14-16,19-20,41H,2,5-6,9-11,13,17-18H2,1,3-4H3,(H,37,42). The molecule has 8 heteroatoms. The molecule has 7 nitrogen and oxygen atoms in total. The number of aryl methyl sites for hydroxylation is 1. The van der Waals surface area contributed by atoms with Crippen molar-refractivity contribution in [2.75, 3.05) is 32.6 Å². The summed E-state index contributed by atoms with van der Waals surface area (Å²) in [6, 6.07) is 14.0. The number of hydrogen-bond donors (Lipinski definition) is 2. The fourth-order valence-electron chi connectivity index (χ4n) is 6.32. The molecular weight excluding hydrogens is 560 g/mol. The number of methoxy groups -OCH3 is 1. The summed E-state index contributed by atoms with van der Waals surface area (Å²) in [5.41, 5.74) is 10.2. The predicted molar refractivity (Wildman–Crippen MR) is 172 cm³/mol. The summed E-state index contributed by atoms with van der Waals surface area (Å²) in [6.07, 6.45) is 7.95. The Morgan fingerprint density at radius 1 is 1.09 bits per heavy atom. The molecule has 1 aromatic heterocycles. The second-order valence-corrected chi connectivity index (χ2v) is 11.7. The summed E-state index contributed by atoms with van der Waals surface area (Å²) in [6.45, 7) is 6.51. The highest BCUT2D eigenvalue weighted by atomic mass is 35.5. The van der Waals surface area contributed by atoms with Gasteiger partial charge in [-0.25, -0.2) is 4.98 Å². The zero-order chi connectivity index (χ0) is 30.2. The highest BCUT2D eigenvalue weighted by Crippen LogP contribution is 2.42. The fraction of sp³-hybridized carbons (Fsp3) is 0.314. The maximum Gasteiger partial charge on any atom is 0.259 e. The van der Waals surface area contributed by atoms with Crippen LogP contribution in [0.1, 0.15) is 42.4 Å². The van der Waals surface area contributed by atoms with E-state index in [0.29, 0.717) is 28.7 Å². The van der Waals surface area contributed by atoms with E-state index in [4.69, 9.17) is 21.3 Å². The van der Waals surface area contributed by atoms with Gasteiger partial charge in [-0.05, 0) is 79.8 Å². The molecule has 3 aromatic rings. The molecule has 6 rings (SSSR count). The topological polar surface area (TPSA) is 77.9 Å². The Hall–Kier alpha value is -4.07. The van der Waals surface area contributed by atoms with Crippen LogP contribution in [0.3, 0.4) is 0 Å². The molecule has 43 heavy (non-hydrogen) atoms. The number of carbonyl (C=O) groups excluding carboxylic acids is 1. The lowest BCUT2D eigenvalue weighted by Crippen LogP contribution is -2.39. The van der Waals surface area contributed by atoms with Crippen LogP contribution in [-0.2, 0) is 17.6 Å². The number of pyridine rings is 1. The number of amides is 1. The molecule has 2 N–H and O–H groups in total. The number of halogens is 1. The fourth-order valence-corrected chi connectivity index (χ4v) is 6.65. The lowest BCUT2D eigenvalue weighted by atomic mass is 9.87. The third kappa shape index (κ3) is 5.21. The molecule has 2 aliphatic carbocycles. The van der Waals surface area contributed by atoms with E-state index in [0.717, 1.165) is 78.0 Å². The van der Waals surface area contributed by atoms with Gasteiger partial charge in [0, 0.05) is 42.2 Å². The average molecular weight is 597 g/mol. The van der Waals surface area contributed by atoms with Gasteiger partial charge in [0.15, 0.2) is 0 Å². The van der Waals surface area contributed by atoms with Crippen LogP contribution in [-0.4, -0.2) is 53.1 Å². The number of nitrogens with zero attached hydrogens (tertiary/aromatic N) is 3. The first-order valence-electron chi connectivity index (χ1n) is 14.8. The van der Waals surface area contributed by atoms with Gasteiger partial charge >= 0.3 is 0 Å². The van der Waals surface area contributed by atoms with Gasteiger partial charge in [-0.15, -0.1) is 0 Å². The monoisotopic (exact) mass is 596 g/mol. The molecule has 1 saturated carbocycles. The number of β-amino-alcohol motifs (C(OH)–C–C–N with tert-alkyl or cyclic N) is 1. The second kappa shape index (κ2) is 11.9. The van der Waals surface area contributed by atoms with E-state index >= 15 is 0 Å². The summed E-state index contributed by atoms with van der Waals surface area (Å²) in [5, 5.41) is 13.4. The Balaban J connectivity index is 1.35. The molecule has 0 bridgehead atoms. The van der Waals surface area contributed by atoms with Crippen molar-refractivity contribution in [3.63, 3.8) is 0 Å². The number of aliphatic hydroxyl groups is 1. The summed E-state index contributed by atoms with van der Waals surface area (Å²) < 4.78 is 5.64. The van der Waals surface area contributed by atoms with Crippen molar-refractivity contribution in [2.24, 2.45) is 0 Å². The Bertz CT molecular complexity index is 1690. The van der Waals surface area contributed by atoms with Gasteiger partial charge in [0.05, 0.1) is 35.7 Å². The number of hydrogen-bond acceptors (Lipinski definition) is 6. The van der Waals surface area contributed by atoms with E-state index in [2.05, 4.69) is 18.0 Å². The van der Waals surface area contributed by atoms with Crippen LogP contribution in [0.4, 0.5) is 5.69 Å². The van der Waals surface area contributed by atoms with Crippen molar-refractivity contribution in [2.45, 2.75) is 45.4 Å². The van der Waals surface area contributed by atoms with Crippen LogP contribution in [0, 0.1) is 6.92 Å². The van der Waals surface area contributed by atoms with Crippen molar-refractivity contribution in [3.8, 4) is 28.3 Å². The van der Waals surface area contributed by atoms with E-state index in [1.165, 1.54) is 16.7 Å². The normalized spacial score (nSPS) is 16.2. The molecule has 2 aromatic carbocycles. The largest absolute Gasteiger partial charge is 0.481 e. The van der Waals surface area contributed by atoms with Crippen molar-refractivity contribution >= 4 is 23.2 Å². The van der Waals surface area contributed by atoms with Gasteiger partial charge in [0.2, 0.25) is 5.88 Å². The van der Waals surface area contributed by atoms with Gasteiger partial charge in [-0.2, -0.15) is 0 Å². The molecule has 0 saturated heterocycles. The number of benzene rings is 2. The van der Waals surface area contributed by atoms with E-state index in [1.54, 1.807) is 7.11 Å². The number of anilines is 1. The molecule has 0 unspecified atom stereocenters. The Morgan fingerprint density at radius 3 is 2.53 bits per heavy atom. The van der Waals surface area contributed by atoms with Crippen molar-refractivity contribution in [3.05, 3.63) is 99.6 Å². The highest BCUT2D eigenvalue weighted by molar-refractivity contribution is 6.36. The molecule has 0 atom stereocenters. The van der Waals surface area contributed by atoms with E-state index < -0.39 is 0 Å². The molecule has 3 aliphatic rings. The van der Waals surface area contributed by atoms with Crippen LogP contribution in [0.2, 0.25) is 5.02 Å².